The molecule has 1 atom stereocenters. The van der Waals surface area contributed by atoms with Crippen molar-refractivity contribution >= 4 is 38.3 Å². The van der Waals surface area contributed by atoms with Gasteiger partial charge in [-0.2, -0.15) is 0 Å². The molecule has 0 saturated carbocycles. The van der Waals surface area contributed by atoms with Crippen molar-refractivity contribution in [1.82, 2.24) is 9.55 Å². The molecule has 7 heteroatoms. The molecule has 0 fully saturated rings. The van der Waals surface area contributed by atoms with Gasteiger partial charge in [-0.3, -0.25) is 13.6 Å². The fraction of sp³-hybridized carbons (Fsp3) is 0.429. The van der Waals surface area contributed by atoms with E-state index in [1.54, 1.807) is 6.26 Å². The molecule has 1 unspecified atom stereocenters. The minimum Gasteiger partial charge on any atom is -0.297 e. The van der Waals surface area contributed by atoms with Gasteiger partial charge in [0, 0.05) is 29.4 Å². The molecule has 14 heavy (non-hydrogen) atoms. The smallest absolute Gasteiger partial charge is 0.269 e. The van der Waals surface area contributed by atoms with Crippen LogP contribution in [0, 0.1) is 0 Å². The lowest BCUT2D eigenvalue weighted by Gasteiger charge is -2.04. The number of halogens is 2. The Morgan fingerprint density at radius 3 is 2.93 bits per heavy atom. The highest BCUT2D eigenvalue weighted by Crippen LogP contribution is 2.13. The van der Waals surface area contributed by atoms with Gasteiger partial charge in [0.25, 0.3) is 5.56 Å². The summed E-state index contributed by atoms with van der Waals surface area (Å²) < 4.78 is 12.4. The van der Waals surface area contributed by atoms with E-state index in [2.05, 4.69) is 20.9 Å². The first-order chi connectivity index (χ1) is 6.52. The molecule has 1 rings (SSSR count). The zero-order valence-corrected chi connectivity index (χ0v) is 10.5. The lowest BCUT2D eigenvalue weighted by Crippen LogP contribution is -2.23. The third kappa shape index (κ3) is 2.90. The fourth-order valence-corrected chi connectivity index (χ4v) is 1.74. The molecule has 0 aliphatic carbocycles. The molecule has 1 heterocycles. The van der Waals surface area contributed by atoms with Gasteiger partial charge >= 0.3 is 0 Å². The Balaban J connectivity index is 2.95. The second kappa shape index (κ2) is 5.04. The standard InChI is InChI=1S/C7H8BrClN2O2S/c1-14(13)3-2-11-4-10-6(9)5(8)7(11)12/h4H,2-3H2,1H3. The molecule has 4 nitrogen and oxygen atoms in total. The monoisotopic (exact) mass is 298 g/mol. The van der Waals surface area contributed by atoms with Gasteiger partial charge in [-0.05, 0) is 15.9 Å². The van der Waals surface area contributed by atoms with Gasteiger partial charge in [0.15, 0.2) is 5.15 Å². The van der Waals surface area contributed by atoms with Gasteiger partial charge in [-0.1, -0.05) is 11.6 Å². The van der Waals surface area contributed by atoms with Gasteiger partial charge in [-0.15, -0.1) is 0 Å². The van der Waals surface area contributed by atoms with Crippen LogP contribution in [0.15, 0.2) is 15.6 Å². The van der Waals surface area contributed by atoms with Gasteiger partial charge < -0.3 is 0 Å². The zero-order valence-electron chi connectivity index (χ0n) is 7.37. The summed E-state index contributed by atoms with van der Waals surface area (Å²) in [5.41, 5.74) is -0.254. The summed E-state index contributed by atoms with van der Waals surface area (Å²) in [6.07, 6.45) is 2.94. The van der Waals surface area contributed by atoms with Crippen LogP contribution < -0.4 is 5.56 Å². The first kappa shape index (κ1) is 11.9. The van der Waals surface area contributed by atoms with Crippen molar-refractivity contribution in [3.63, 3.8) is 0 Å². The van der Waals surface area contributed by atoms with Crippen LogP contribution in [0.1, 0.15) is 0 Å². The quantitative estimate of drug-likeness (QED) is 0.784. The summed E-state index contributed by atoms with van der Waals surface area (Å²) in [7, 11) is -0.922. The van der Waals surface area contributed by atoms with Gasteiger partial charge in [-0.25, -0.2) is 4.98 Å². The Morgan fingerprint density at radius 2 is 2.36 bits per heavy atom. The number of rotatable bonds is 3. The van der Waals surface area contributed by atoms with E-state index < -0.39 is 10.8 Å². The van der Waals surface area contributed by atoms with E-state index in [-0.39, 0.29) is 15.2 Å². The summed E-state index contributed by atoms with van der Waals surface area (Å²) in [6, 6.07) is 0. The Bertz CT molecular complexity index is 421. The predicted octanol–water partition coefficient (Wildman–Crippen LogP) is 1.04. The summed E-state index contributed by atoms with van der Waals surface area (Å²) in [4.78, 5) is 15.3. The van der Waals surface area contributed by atoms with E-state index in [1.165, 1.54) is 10.9 Å². The van der Waals surface area contributed by atoms with Crippen LogP contribution in [-0.4, -0.2) is 25.8 Å². The van der Waals surface area contributed by atoms with Crippen molar-refractivity contribution in [2.45, 2.75) is 6.54 Å². The van der Waals surface area contributed by atoms with Gasteiger partial charge in [0.1, 0.15) is 4.47 Å². The number of aryl methyl sites for hydroxylation is 1. The van der Waals surface area contributed by atoms with Crippen molar-refractivity contribution < 1.29 is 4.21 Å². The van der Waals surface area contributed by atoms with E-state index in [0.29, 0.717) is 12.3 Å². The molecule has 0 amide bonds. The van der Waals surface area contributed by atoms with Crippen LogP contribution >= 0.6 is 27.5 Å². The third-order valence-electron chi connectivity index (χ3n) is 1.56. The molecule has 0 radical (unpaired) electrons. The maximum atomic E-state index is 11.5. The Morgan fingerprint density at radius 1 is 1.71 bits per heavy atom. The first-order valence-corrected chi connectivity index (χ1v) is 6.62. The highest BCUT2D eigenvalue weighted by molar-refractivity contribution is 9.10. The average Bonchev–Trinajstić information content (AvgIpc) is 2.13. The van der Waals surface area contributed by atoms with E-state index in [0.717, 1.165) is 0 Å². The first-order valence-electron chi connectivity index (χ1n) is 3.73. The summed E-state index contributed by atoms with van der Waals surface area (Å²) >= 11 is 8.65. The minimum absolute atomic E-state index is 0.142. The van der Waals surface area contributed by atoms with Crippen LogP contribution in [0.4, 0.5) is 0 Å². The molecule has 0 bridgehead atoms. The maximum Gasteiger partial charge on any atom is 0.269 e. The van der Waals surface area contributed by atoms with E-state index in [4.69, 9.17) is 11.6 Å². The van der Waals surface area contributed by atoms with E-state index in [1.807, 2.05) is 0 Å². The lowest BCUT2D eigenvalue weighted by molar-refractivity contribution is 0.667. The van der Waals surface area contributed by atoms with Crippen molar-refractivity contribution in [1.29, 1.82) is 0 Å². The zero-order chi connectivity index (χ0) is 10.7. The molecule has 0 saturated heterocycles. The third-order valence-corrected chi connectivity index (χ3v) is 3.55. The Labute approximate surface area is 96.9 Å². The summed E-state index contributed by atoms with van der Waals surface area (Å²) in [6.45, 7) is 0.380. The molecule has 0 aliphatic heterocycles. The molecule has 0 spiro atoms. The Hall–Kier alpha value is -0.200. The second-order valence-electron chi connectivity index (χ2n) is 2.63. The molecular formula is C7H8BrClN2O2S. The van der Waals surface area contributed by atoms with Crippen molar-refractivity contribution in [2.24, 2.45) is 0 Å². The summed E-state index contributed by atoms with van der Waals surface area (Å²) in [5.74, 6) is 0.426. The SMILES string of the molecule is CS(=O)CCn1cnc(Cl)c(Br)c1=O. The average molecular weight is 300 g/mol. The normalized spacial score (nSPS) is 12.8. The number of hydrogen-bond donors (Lipinski definition) is 0. The van der Waals surface area contributed by atoms with E-state index in [9.17, 15) is 9.00 Å². The molecule has 0 aliphatic rings. The molecule has 78 valence electrons. The van der Waals surface area contributed by atoms with Crippen LogP contribution in [0.25, 0.3) is 0 Å². The van der Waals surface area contributed by atoms with Gasteiger partial charge in [0.2, 0.25) is 0 Å². The fourth-order valence-electron chi connectivity index (χ4n) is 0.830. The number of nitrogens with zero attached hydrogens (tertiary/aromatic N) is 2. The Kier molecular flexibility index (Phi) is 4.28. The number of aromatic nitrogens is 2. The van der Waals surface area contributed by atoms with Crippen molar-refractivity contribution in [3.05, 3.63) is 26.3 Å². The minimum atomic E-state index is -0.922. The highest BCUT2D eigenvalue weighted by atomic mass is 79.9. The van der Waals surface area contributed by atoms with Crippen molar-refractivity contribution in [3.8, 4) is 0 Å². The van der Waals surface area contributed by atoms with Crippen LogP contribution in [0.2, 0.25) is 5.15 Å². The molecule has 0 aromatic carbocycles. The predicted molar refractivity (Wildman–Crippen MR) is 60.1 cm³/mol. The van der Waals surface area contributed by atoms with Crippen LogP contribution in [0.5, 0.6) is 0 Å². The second-order valence-corrected chi connectivity index (χ2v) is 5.33. The molecule has 1 aromatic heterocycles. The summed E-state index contributed by atoms with van der Waals surface area (Å²) in [5, 5.41) is 0.142. The molecule has 1 aromatic rings. The molecular weight excluding hydrogens is 292 g/mol. The topological polar surface area (TPSA) is 52.0 Å². The largest absolute Gasteiger partial charge is 0.297 e. The van der Waals surface area contributed by atoms with Crippen LogP contribution in [-0.2, 0) is 17.3 Å². The highest BCUT2D eigenvalue weighted by Gasteiger charge is 2.06. The number of hydrogen-bond acceptors (Lipinski definition) is 3. The van der Waals surface area contributed by atoms with E-state index >= 15 is 0 Å². The maximum absolute atomic E-state index is 11.5. The van der Waals surface area contributed by atoms with Crippen LogP contribution in [0.3, 0.4) is 0 Å². The van der Waals surface area contributed by atoms with Gasteiger partial charge in [0.05, 0.1) is 6.33 Å². The van der Waals surface area contributed by atoms with Crippen molar-refractivity contribution in [2.75, 3.05) is 12.0 Å². The molecule has 0 N–H and O–H groups in total. The lowest BCUT2D eigenvalue weighted by atomic mass is 10.6.